The van der Waals surface area contributed by atoms with Crippen LogP contribution in [-0.2, 0) is 4.79 Å². The van der Waals surface area contributed by atoms with Crippen LogP contribution in [0.25, 0.3) is 0 Å². The van der Waals surface area contributed by atoms with Crippen LogP contribution in [0.3, 0.4) is 0 Å². The Morgan fingerprint density at radius 3 is 2.32 bits per heavy atom. The zero-order valence-corrected chi connectivity index (χ0v) is 11.7. The molecule has 1 rings (SSSR count). The maximum Gasteiger partial charge on any atom is 0.389 e. The summed E-state index contributed by atoms with van der Waals surface area (Å²) in [7, 11) is 0. The number of carbonyl (C=O) groups is 2. The van der Waals surface area contributed by atoms with Gasteiger partial charge >= 0.3 is 6.18 Å². The van der Waals surface area contributed by atoms with E-state index in [2.05, 4.69) is 10.6 Å². The Labute approximate surface area is 125 Å². The number of rotatable bonds is 7. The molecule has 0 saturated heterocycles. The molecule has 22 heavy (non-hydrogen) atoms. The van der Waals surface area contributed by atoms with E-state index in [9.17, 15) is 22.8 Å². The fraction of sp³-hybridized carbons (Fsp3) is 0.429. The van der Waals surface area contributed by atoms with E-state index < -0.39 is 24.9 Å². The summed E-state index contributed by atoms with van der Waals surface area (Å²) in [5.74, 6) is -1.07. The highest BCUT2D eigenvalue weighted by molar-refractivity contribution is 5.95. The number of aliphatic hydroxyl groups excluding tert-OH is 1. The number of amides is 2. The molecule has 1 aromatic rings. The molecular weight excluding hydrogens is 301 g/mol. The Hall–Kier alpha value is -2.09. The number of halogens is 3. The summed E-state index contributed by atoms with van der Waals surface area (Å²) in [5, 5.41) is 13.5. The fourth-order valence-corrected chi connectivity index (χ4v) is 1.57. The van der Waals surface area contributed by atoms with Crippen molar-refractivity contribution in [3.05, 3.63) is 29.8 Å². The number of hydrogen-bond acceptors (Lipinski definition) is 3. The van der Waals surface area contributed by atoms with Gasteiger partial charge in [-0.1, -0.05) is 0 Å². The molecule has 3 N–H and O–H groups in total. The Balaban J connectivity index is 2.47. The van der Waals surface area contributed by atoms with Gasteiger partial charge in [-0.25, -0.2) is 0 Å². The van der Waals surface area contributed by atoms with E-state index in [1.807, 2.05) is 0 Å². The van der Waals surface area contributed by atoms with Crippen LogP contribution in [0.4, 0.5) is 18.9 Å². The van der Waals surface area contributed by atoms with Crippen LogP contribution in [0.15, 0.2) is 24.3 Å². The van der Waals surface area contributed by atoms with Gasteiger partial charge in [0.05, 0.1) is 6.42 Å². The van der Waals surface area contributed by atoms with Gasteiger partial charge in [0.15, 0.2) is 0 Å². The van der Waals surface area contributed by atoms with E-state index >= 15 is 0 Å². The second kappa shape index (κ2) is 8.38. The van der Waals surface area contributed by atoms with Crippen molar-refractivity contribution in [2.24, 2.45) is 0 Å². The van der Waals surface area contributed by atoms with Crippen LogP contribution in [-0.4, -0.2) is 36.2 Å². The van der Waals surface area contributed by atoms with Gasteiger partial charge in [0.1, 0.15) is 0 Å². The number of benzene rings is 1. The molecule has 0 fully saturated rings. The van der Waals surface area contributed by atoms with Gasteiger partial charge in [-0.05, 0) is 30.7 Å². The highest BCUT2D eigenvalue weighted by Crippen LogP contribution is 2.21. The summed E-state index contributed by atoms with van der Waals surface area (Å²) >= 11 is 0. The molecule has 0 unspecified atom stereocenters. The summed E-state index contributed by atoms with van der Waals surface area (Å²) in [5.41, 5.74) is 0.672. The lowest BCUT2D eigenvalue weighted by molar-refractivity contribution is -0.142. The predicted molar refractivity (Wildman–Crippen MR) is 74.4 cm³/mol. The molecule has 2 amide bonds. The third kappa shape index (κ3) is 7.07. The van der Waals surface area contributed by atoms with Crippen LogP contribution in [0.5, 0.6) is 0 Å². The average molecular weight is 318 g/mol. The molecule has 5 nitrogen and oxygen atoms in total. The molecule has 0 aliphatic rings. The van der Waals surface area contributed by atoms with Crippen molar-refractivity contribution < 1.29 is 27.9 Å². The van der Waals surface area contributed by atoms with Crippen molar-refractivity contribution >= 4 is 17.5 Å². The second-order valence-electron chi connectivity index (χ2n) is 4.57. The van der Waals surface area contributed by atoms with Crippen LogP contribution in [0, 0.1) is 0 Å². The minimum absolute atomic E-state index is 0.0246. The third-order valence-electron chi connectivity index (χ3n) is 2.69. The second-order valence-corrected chi connectivity index (χ2v) is 4.57. The zero-order valence-electron chi connectivity index (χ0n) is 11.7. The first-order valence-corrected chi connectivity index (χ1v) is 6.67. The Morgan fingerprint density at radius 2 is 1.77 bits per heavy atom. The number of alkyl halides is 3. The van der Waals surface area contributed by atoms with Gasteiger partial charge in [-0.2, -0.15) is 13.2 Å². The van der Waals surface area contributed by atoms with Gasteiger partial charge in [-0.15, -0.1) is 0 Å². The Kier molecular flexibility index (Phi) is 6.84. The minimum Gasteiger partial charge on any atom is -0.396 e. The largest absolute Gasteiger partial charge is 0.396 e. The summed E-state index contributed by atoms with van der Waals surface area (Å²) in [6, 6.07) is 5.78. The van der Waals surface area contributed by atoms with Crippen molar-refractivity contribution in [2.75, 3.05) is 18.5 Å². The van der Waals surface area contributed by atoms with Crippen LogP contribution in [0.1, 0.15) is 29.6 Å². The zero-order chi connectivity index (χ0) is 16.6. The molecule has 0 aliphatic heterocycles. The van der Waals surface area contributed by atoms with Crippen LogP contribution >= 0.6 is 0 Å². The molecule has 0 saturated carbocycles. The van der Waals surface area contributed by atoms with E-state index in [-0.39, 0.29) is 12.5 Å². The molecule has 1 aromatic carbocycles. The molecule has 0 aliphatic carbocycles. The number of carbonyl (C=O) groups excluding carboxylic acids is 2. The smallest absolute Gasteiger partial charge is 0.389 e. The van der Waals surface area contributed by atoms with Crippen molar-refractivity contribution in [1.29, 1.82) is 0 Å². The lowest BCUT2D eigenvalue weighted by atomic mass is 10.2. The maximum atomic E-state index is 12.0. The first-order valence-electron chi connectivity index (χ1n) is 6.67. The normalized spacial score (nSPS) is 11.1. The molecule has 122 valence electrons. The van der Waals surface area contributed by atoms with Gasteiger partial charge < -0.3 is 15.7 Å². The molecule has 0 heterocycles. The van der Waals surface area contributed by atoms with E-state index in [0.717, 1.165) is 0 Å². The predicted octanol–water partition coefficient (Wildman–Crippen LogP) is 2.08. The summed E-state index contributed by atoms with van der Waals surface area (Å²) in [4.78, 5) is 23.0. The highest BCUT2D eigenvalue weighted by atomic mass is 19.4. The summed E-state index contributed by atoms with van der Waals surface area (Å²) in [6.45, 7) is 0.314. The highest BCUT2D eigenvalue weighted by Gasteiger charge is 2.27. The summed E-state index contributed by atoms with van der Waals surface area (Å²) < 4.78 is 36.0. The van der Waals surface area contributed by atoms with E-state index in [1.165, 1.54) is 24.3 Å². The van der Waals surface area contributed by atoms with Crippen molar-refractivity contribution in [3.8, 4) is 0 Å². The van der Waals surface area contributed by atoms with Crippen LogP contribution < -0.4 is 10.6 Å². The number of aliphatic hydroxyl groups is 1. The summed E-state index contributed by atoms with van der Waals surface area (Å²) in [6.07, 6.45) is -5.75. The van der Waals surface area contributed by atoms with Gasteiger partial charge in [0.25, 0.3) is 5.91 Å². The molecule has 0 atom stereocenters. The number of nitrogens with one attached hydrogen (secondary N) is 2. The standard InChI is InChI=1S/C14H17F3N2O3/c15-14(16,17)7-6-12(21)19-11-4-2-10(3-5-11)13(22)18-8-1-9-20/h2-5,20H,1,6-9H2,(H,18,22)(H,19,21). The first-order chi connectivity index (χ1) is 10.3. The first kappa shape index (κ1) is 18.0. The lowest BCUT2D eigenvalue weighted by Crippen LogP contribution is -2.25. The van der Waals surface area contributed by atoms with Crippen molar-refractivity contribution in [1.82, 2.24) is 5.32 Å². The fourth-order valence-electron chi connectivity index (χ4n) is 1.57. The number of anilines is 1. The monoisotopic (exact) mass is 318 g/mol. The lowest BCUT2D eigenvalue weighted by Gasteiger charge is -2.08. The Bertz CT molecular complexity index is 501. The molecule has 8 heteroatoms. The minimum atomic E-state index is -4.37. The maximum absolute atomic E-state index is 12.0. The third-order valence-corrected chi connectivity index (χ3v) is 2.69. The van der Waals surface area contributed by atoms with Crippen molar-refractivity contribution in [3.63, 3.8) is 0 Å². The van der Waals surface area contributed by atoms with E-state index in [0.29, 0.717) is 24.2 Å². The van der Waals surface area contributed by atoms with Gasteiger partial charge in [0, 0.05) is 30.8 Å². The van der Waals surface area contributed by atoms with Crippen molar-refractivity contribution in [2.45, 2.75) is 25.4 Å². The number of hydrogen-bond donors (Lipinski definition) is 3. The van der Waals surface area contributed by atoms with Gasteiger partial charge in [-0.3, -0.25) is 9.59 Å². The van der Waals surface area contributed by atoms with Crippen LogP contribution in [0.2, 0.25) is 0 Å². The molecule has 0 bridgehead atoms. The molecule has 0 aromatic heterocycles. The average Bonchev–Trinajstić information content (AvgIpc) is 2.45. The molecule has 0 spiro atoms. The quantitative estimate of drug-likeness (QED) is 0.674. The van der Waals surface area contributed by atoms with Gasteiger partial charge in [0.2, 0.25) is 5.91 Å². The SMILES string of the molecule is O=C(CCC(F)(F)F)Nc1ccc(C(=O)NCCCO)cc1. The molecule has 0 radical (unpaired) electrons. The molecular formula is C14H17F3N2O3. The topological polar surface area (TPSA) is 78.4 Å². The van der Waals surface area contributed by atoms with E-state index in [4.69, 9.17) is 5.11 Å². The van der Waals surface area contributed by atoms with E-state index in [1.54, 1.807) is 0 Å². The Morgan fingerprint density at radius 1 is 1.14 bits per heavy atom.